The van der Waals surface area contributed by atoms with Gasteiger partial charge in [0.05, 0.1) is 10.2 Å². The zero-order chi connectivity index (χ0) is 13.1. The molecule has 0 saturated carbocycles. The SMILES string of the molecule is Cc1cnc(Cl)c(NCc2ccc(Br)c(F)c2)c1. The topological polar surface area (TPSA) is 24.9 Å². The molecule has 5 heteroatoms. The molecule has 18 heavy (non-hydrogen) atoms. The van der Waals surface area contributed by atoms with Crippen LogP contribution in [0, 0.1) is 12.7 Å². The smallest absolute Gasteiger partial charge is 0.152 e. The predicted molar refractivity (Wildman–Crippen MR) is 75.4 cm³/mol. The summed E-state index contributed by atoms with van der Waals surface area (Å²) in [6, 6.07) is 6.92. The van der Waals surface area contributed by atoms with Gasteiger partial charge in [0.1, 0.15) is 5.82 Å². The lowest BCUT2D eigenvalue weighted by atomic mass is 10.2. The van der Waals surface area contributed by atoms with Crippen molar-refractivity contribution >= 4 is 33.2 Å². The average Bonchev–Trinajstić information content (AvgIpc) is 2.34. The van der Waals surface area contributed by atoms with Crippen molar-refractivity contribution in [1.82, 2.24) is 4.98 Å². The highest BCUT2D eigenvalue weighted by molar-refractivity contribution is 9.10. The summed E-state index contributed by atoms with van der Waals surface area (Å²) in [7, 11) is 0. The minimum atomic E-state index is -0.275. The fraction of sp³-hybridized carbons (Fsp3) is 0.154. The van der Waals surface area contributed by atoms with Gasteiger partial charge in [0.2, 0.25) is 0 Å². The van der Waals surface area contributed by atoms with Gasteiger partial charge in [0.25, 0.3) is 0 Å². The second-order valence-corrected chi connectivity index (χ2v) is 5.17. The molecule has 0 spiro atoms. The van der Waals surface area contributed by atoms with E-state index in [-0.39, 0.29) is 5.82 Å². The van der Waals surface area contributed by atoms with Crippen molar-refractivity contribution in [3.8, 4) is 0 Å². The minimum absolute atomic E-state index is 0.275. The van der Waals surface area contributed by atoms with Gasteiger partial charge in [0.15, 0.2) is 5.15 Å². The molecule has 2 nitrogen and oxygen atoms in total. The molecule has 1 heterocycles. The van der Waals surface area contributed by atoms with Gasteiger partial charge in [-0.1, -0.05) is 17.7 Å². The van der Waals surface area contributed by atoms with E-state index in [0.717, 1.165) is 16.8 Å². The Kier molecular flexibility index (Phi) is 4.19. The normalized spacial score (nSPS) is 10.4. The first-order valence-electron chi connectivity index (χ1n) is 5.36. The Balaban J connectivity index is 2.11. The average molecular weight is 330 g/mol. The number of halogens is 3. The van der Waals surface area contributed by atoms with Gasteiger partial charge in [-0.05, 0) is 52.2 Å². The molecule has 1 aromatic heterocycles. The van der Waals surface area contributed by atoms with Gasteiger partial charge in [-0.25, -0.2) is 9.37 Å². The number of benzene rings is 1. The monoisotopic (exact) mass is 328 g/mol. The molecule has 0 amide bonds. The maximum atomic E-state index is 13.3. The summed E-state index contributed by atoms with van der Waals surface area (Å²) in [6.07, 6.45) is 1.70. The number of nitrogens with zero attached hydrogens (tertiary/aromatic N) is 1. The van der Waals surface area contributed by atoms with Crippen LogP contribution in [0.15, 0.2) is 34.9 Å². The van der Waals surface area contributed by atoms with E-state index in [1.165, 1.54) is 6.07 Å². The van der Waals surface area contributed by atoms with Crippen molar-refractivity contribution in [2.75, 3.05) is 5.32 Å². The van der Waals surface area contributed by atoms with Crippen LogP contribution in [0.1, 0.15) is 11.1 Å². The standard InChI is InChI=1S/C13H11BrClFN2/c1-8-4-12(13(15)18-6-8)17-7-9-2-3-10(14)11(16)5-9/h2-6,17H,7H2,1H3. The maximum absolute atomic E-state index is 13.3. The van der Waals surface area contributed by atoms with Crippen molar-refractivity contribution in [3.05, 3.63) is 57.0 Å². The van der Waals surface area contributed by atoms with Crippen LogP contribution in [-0.4, -0.2) is 4.98 Å². The van der Waals surface area contributed by atoms with Crippen LogP contribution in [0.5, 0.6) is 0 Å². The molecule has 2 aromatic rings. The summed E-state index contributed by atoms with van der Waals surface area (Å²) in [5, 5.41) is 3.56. The number of aryl methyl sites for hydroxylation is 1. The number of pyridine rings is 1. The van der Waals surface area contributed by atoms with Crippen LogP contribution < -0.4 is 5.32 Å². The molecular weight excluding hydrogens is 319 g/mol. The summed E-state index contributed by atoms with van der Waals surface area (Å²) < 4.78 is 13.8. The van der Waals surface area contributed by atoms with Crippen LogP contribution >= 0.6 is 27.5 Å². The zero-order valence-corrected chi connectivity index (χ0v) is 12.0. The number of anilines is 1. The van der Waals surface area contributed by atoms with Crippen molar-refractivity contribution in [1.29, 1.82) is 0 Å². The highest BCUT2D eigenvalue weighted by Crippen LogP contribution is 2.21. The lowest BCUT2D eigenvalue weighted by Crippen LogP contribution is -2.01. The molecule has 0 bridgehead atoms. The summed E-state index contributed by atoms with van der Waals surface area (Å²) in [5.74, 6) is -0.275. The molecule has 1 N–H and O–H groups in total. The third-order valence-electron chi connectivity index (χ3n) is 2.44. The Labute approximate surface area is 118 Å². The molecule has 0 aliphatic rings. The largest absolute Gasteiger partial charge is 0.378 e. The highest BCUT2D eigenvalue weighted by atomic mass is 79.9. The highest BCUT2D eigenvalue weighted by Gasteiger charge is 2.04. The molecule has 0 aliphatic heterocycles. The summed E-state index contributed by atoms with van der Waals surface area (Å²) in [4.78, 5) is 4.04. The number of rotatable bonds is 3. The van der Waals surface area contributed by atoms with E-state index in [1.807, 2.05) is 19.1 Å². The minimum Gasteiger partial charge on any atom is -0.378 e. The van der Waals surface area contributed by atoms with Gasteiger partial charge in [-0.15, -0.1) is 0 Å². The molecule has 0 atom stereocenters. The first-order valence-corrected chi connectivity index (χ1v) is 6.53. The maximum Gasteiger partial charge on any atom is 0.152 e. The Morgan fingerprint density at radius 1 is 1.39 bits per heavy atom. The molecule has 0 fully saturated rings. The molecule has 94 valence electrons. The molecule has 0 radical (unpaired) electrons. The Morgan fingerprint density at radius 2 is 2.17 bits per heavy atom. The Morgan fingerprint density at radius 3 is 2.89 bits per heavy atom. The third-order valence-corrected chi connectivity index (χ3v) is 3.39. The van der Waals surface area contributed by atoms with Gasteiger partial charge in [-0.3, -0.25) is 0 Å². The van der Waals surface area contributed by atoms with Gasteiger partial charge < -0.3 is 5.32 Å². The van der Waals surface area contributed by atoms with Crippen molar-refractivity contribution < 1.29 is 4.39 Å². The molecule has 2 rings (SSSR count). The lowest BCUT2D eigenvalue weighted by Gasteiger charge is -2.09. The third kappa shape index (κ3) is 3.21. The fourth-order valence-electron chi connectivity index (χ4n) is 1.52. The first kappa shape index (κ1) is 13.3. The van der Waals surface area contributed by atoms with E-state index >= 15 is 0 Å². The van der Waals surface area contributed by atoms with Gasteiger partial charge >= 0.3 is 0 Å². The predicted octanol–water partition coefficient (Wildman–Crippen LogP) is 4.56. The van der Waals surface area contributed by atoms with E-state index in [0.29, 0.717) is 16.2 Å². The van der Waals surface area contributed by atoms with Crippen LogP contribution in [0.4, 0.5) is 10.1 Å². The molecular formula is C13H11BrClFN2. The van der Waals surface area contributed by atoms with Gasteiger partial charge in [0, 0.05) is 12.7 Å². The quantitative estimate of drug-likeness (QED) is 0.835. The van der Waals surface area contributed by atoms with Crippen LogP contribution in [-0.2, 0) is 6.54 Å². The number of hydrogen-bond donors (Lipinski definition) is 1. The Hall–Kier alpha value is -1.13. The second kappa shape index (κ2) is 5.67. The summed E-state index contributed by atoms with van der Waals surface area (Å²) in [5.41, 5.74) is 2.61. The van der Waals surface area contributed by atoms with Crippen molar-refractivity contribution in [2.45, 2.75) is 13.5 Å². The fourth-order valence-corrected chi connectivity index (χ4v) is 1.94. The number of aromatic nitrogens is 1. The second-order valence-electron chi connectivity index (χ2n) is 3.95. The van der Waals surface area contributed by atoms with Crippen LogP contribution in [0.2, 0.25) is 5.15 Å². The lowest BCUT2D eigenvalue weighted by molar-refractivity contribution is 0.619. The van der Waals surface area contributed by atoms with E-state index in [2.05, 4.69) is 26.2 Å². The number of nitrogens with one attached hydrogen (secondary N) is 1. The van der Waals surface area contributed by atoms with Crippen molar-refractivity contribution in [3.63, 3.8) is 0 Å². The summed E-state index contributed by atoms with van der Waals surface area (Å²) in [6.45, 7) is 2.43. The molecule has 0 saturated heterocycles. The summed E-state index contributed by atoms with van der Waals surface area (Å²) >= 11 is 9.08. The molecule has 1 aromatic carbocycles. The Bertz CT molecular complexity index is 575. The van der Waals surface area contributed by atoms with Gasteiger partial charge in [-0.2, -0.15) is 0 Å². The first-order chi connectivity index (χ1) is 8.56. The van der Waals surface area contributed by atoms with Crippen LogP contribution in [0.3, 0.4) is 0 Å². The zero-order valence-electron chi connectivity index (χ0n) is 9.67. The van der Waals surface area contributed by atoms with Crippen LogP contribution in [0.25, 0.3) is 0 Å². The number of hydrogen-bond acceptors (Lipinski definition) is 2. The van der Waals surface area contributed by atoms with E-state index < -0.39 is 0 Å². The van der Waals surface area contributed by atoms with E-state index in [1.54, 1.807) is 12.3 Å². The van der Waals surface area contributed by atoms with E-state index in [9.17, 15) is 4.39 Å². The molecule has 0 aliphatic carbocycles. The molecule has 0 unspecified atom stereocenters. The van der Waals surface area contributed by atoms with Crippen molar-refractivity contribution in [2.24, 2.45) is 0 Å². The van der Waals surface area contributed by atoms with E-state index in [4.69, 9.17) is 11.6 Å².